The van der Waals surface area contributed by atoms with Gasteiger partial charge < -0.3 is 5.11 Å². The molecule has 0 fully saturated rings. The second-order valence-corrected chi connectivity index (χ2v) is 10.4. The summed E-state index contributed by atoms with van der Waals surface area (Å²) in [6.45, 7) is 0. The normalized spacial score (nSPS) is 10.8. The van der Waals surface area contributed by atoms with Gasteiger partial charge in [-0.15, -0.1) is 17.0 Å². The average molecular weight is 478 g/mol. The largest absolute Gasteiger partial charge is 0.478 e. The zero-order valence-electron chi connectivity index (χ0n) is 16.4. The van der Waals surface area contributed by atoms with Crippen molar-refractivity contribution in [3.63, 3.8) is 0 Å². The Hall–Kier alpha value is -2.74. The molecule has 1 N–H and O–H groups in total. The molecule has 0 saturated carbocycles. The van der Waals surface area contributed by atoms with Gasteiger partial charge in [-0.25, -0.2) is 4.79 Å². The van der Waals surface area contributed by atoms with Crippen LogP contribution in [0.2, 0.25) is 0 Å². The number of carbonyl (C=O) groups is 1. The molecule has 0 amide bonds. The van der Waals surface area contributed by atoms with Crippen LogP contribution in [-0.4, -0.2) is 11.1 Å². The van der Waals surface area contributed by atoms with E-state index in [1.807, 2.05) is 30.3 Å². The van der Waals surface area contributed by atoms with E-state index in [1.54, 1.807) is 12.1 Å². The SMILES string of the molecule is Br.O=C(O)c1ccccc1C[P+](c1ccccc1)(c1ccccc1)c1ccccc1. The zero-order valence-corrected chi connectivity index (χ0v) is 19.0. The van der Waals surface area contributed by atoms with E-state index in [1.165, 1.54) is 15.9 Å². The molecule has 0 unspecified atom stereocenters. The maximum absolute atomic E-state index is 11.9. The second kappa shape index (κ2) is 9.84. The van der Waals surface area contributed by atoms with Crippen LogP contribution in [0.15, 0.2) is 115 Å². The van der Waals surface area contributed by atoms with Crippen molar-refractivity contribution in [1.82, 2.24) is 0 Å². The summed E-state index contributed by atoms with van der Waals surface area (Å²) in [6.07, 6.45) is 0.660. The Morgan fingerprint density at radius 3 is 1.37 bits per heavy atom. The standard InChI is InChI=1S/C26H21O2P.BrH/c27-26(28)25-19-11-10-12-21(25)20-29(22-13-4-1-5-14-22,23-15-6-2-7-16-23)24-17-8-3-9-18-24;/h1-19H,20H2;1H/p+1. The van der Waals surface area contributed by atoms with Crippen LogP contribution in [0.4, 0.5) is 0 Å². The molecule has 4 aromatic carbocycles. The molecule has 30 heavy (non-hydrogen) atoms. The molecule has 4 heteroatoms. The van der Waals surface area contributed by atoms with Gasteiger partial charge in [-0.05, 0) is 42.5 Å². The molecule has 0 bridgehead atoms. The average Bonchev–Trinajstić information content (AvgIpc) is 2.79. The van der Waals surface area contributed by atoms with Crippen molar-refractivity contribution in [3.05, 3.63) is 126 Å². The van der Waals surface area contributed by atoms with Crippen molar-refractivity contribution in [2.75, 3.05) is 0 Å². The van der Waals surface area contributed by atoms with Gasteiger partial charge in [-0.2, -0.15) is 0 Å². The molecular formula is C26H23BrO2P+. The van der Waals surface area contributed by atoms with Crippen molar-refractivity contribution in [1.29, 1.82) is 0 Å². The Labute approximate surface area is 188 Å². The molecule has 150 valence electrons. The van der Waals surface area contributed by atoms with E-state index in [0.717, 1.165) is 5.56 Å². The molecule has 0 radical (unpaired) electrons. The third kappa shape index (κ3) is 4.23. The fraction of sp³-hybridized carbons (Fsp3) is 0.0385. The highest BCUT2D eigenvalue weighted by Gasteiger charge is 2.45. The summed E-state index contributed by atoms with van der Waals surface area (Å²) in [5.74, 6) is -0.882. The van der Waals surface area contributed by atoms with Gasteiger partial charge >= 0.3 is 5.97 Å². The maximum Gasteiger partial charge on any atom is 0.336 e. The third-order valence-electron chi connectivity index (χ3n) is 5.25. The molecule has 4 rings (SSSR count). The number of halogens is 1. The topological polar surface area (TPSA) is 37.3 Å². The summed E-state index contributed by atoms with van der Waals surface area (Å²) < 4.78 is 0. The molecule has 0 saturated heterocycles. The van der Waals surface area contributed by atoms with Crippen molar-refractivity contribution >= 4 is 46.1 Å². The highest BCUT2D eigenvalue weighted by atomic mass is 79.9. The van der Waals surface area contributed by atoms with Crippen molar-refractivity contribution in [2.45, 2.75) is 6.16 Å². The summed E-state index contributed by atoms with van der Waals surface area (Å²) >= 11 is 0. The summed E-state index contributed by atoms with van der Waals surface area (Å²) in [5, 5.41) is 13.5. The fourth-order valence-corrected chi connectivity index (χ4v) is 8.16. The van der Waals surface area contributed by atoms with Crippen molar-refractivity contribution in [3.8, 4) is 0 Å². The van der Waals surface area contributed by atoms with Gasteiger partial charge in [-0.3, -0.25) is 0 Å². The van der Waals surface area contributed by atoms with Gasteiger partial charge in [0.15, 0.2) is 0 Å². The molecular weight excluding hydrogens is 455 g/mol. The Kier molecular flexibility index (Phi) is 7.20. The predicted molar refractivity (Wildman–Crippen MR) is 133 cm³/mol. The number of aromatic carboxylic acids is 1. The van der Waals surface area contributed by atoms with Gasteiger partial charge in [0.05, 0.1) is 11.7 Å². The van der Waals surface area contributed by atoms with Crippen LogP contribution in [-0.2, 0) is 6.16 Å². The minimum atomic E-state index is -2.11. The highest BCUT2D eigenvalue weighted by Crippen LogP contribution is 2.58. The summed E-state index contributed by atoms with van der Waals surface area (Å²) in [4.78, 5) is 11.9. The minimum absolute atomic E-state index is 0. The molecule has 0 aliphatic rings. The molecule has 0 aliphatic heterocycles. The van der Waals surface area contributed by atoms with Gasteiger partial charge in [0.2, 0.25) is 0 Å². The molecule has 0 atom stereocenters. The smallest absolute Gasteiger partial charge is 0.336 e. The van der Waals surface area contributed by atoms with Gasteiger partial charge in [0.1, 0.15) is 23.2 Å². The number of carboxylic acid groups (broad SMARTS) is 1. The van der Waals surface area contributed by atoms with Crippen LogP contribution >= 0.6 is 24.2 Å². The first kappa shape index (κ1) is 22.0. The van der Waals surface area contributed by atoms with E-state index in [0.29, 0.717) is 11.7 Å². The van der Waals surface area contributed by atoms with Gasteiger partial charge in [-0.1, -0.05) is 72.8 Å². The summed E-state index contributed by atoms with van der Waals surface area (Å²) in [7, 11) is -2.11. The maximum atomic E-state index is 11.9. The fourth-order valence-electron chi connectivity index (χ4n) is 3.89. The molecule has 0 heterocycles. The lowest BCUT2D eigenvalue weighted by Crippen LogP contribution is -2.32. The van der Waals surface area contributed by atoms with Crippen LogP contribution < -0.4 is 15.9 Å². The van der Waals surface area contributed by atoms with E-state index in [4.69, 9.17) is 0 Å². The third-order valence-corrected chi connectivity index (χ3v) is 9.60. The Morgan fingerprint density at radius 2 is 0.967 bits per heavy atom. The number of hydrogen-bond donors (Lipinski definition) is 1. The summed E-state index contributed by atoms with van der Waals surface area (Å²) in [6, 6.07) is 38.9. The van der Waals surface area contributed by atoms with Crippen LogP contribution in [0.3, 0.4) is 0 Å². The molecule has 0 spiro atoms. The van der Waals surface area contributed by atoms with E-state index in [2.05, 4.69) is 72.8 Å². The number of benzene rings is 4. The second-order valence-electron chi connectivity index (χ2n) is 6.94. The van der Waals surface area contributed by atoms with Crippen molar-refractivity contribution < 1.29 is 9.90 Å². The Morgan fingerprint density at radius 1 is 0.600 bits per heavy atom. The lowest BCUT2D eigenvalue weighted by Gasteiger charge is -2.28. The van der Waals surface area contributed by atoms with Crippen LogP contribution in [0.1, 0.15) is 15.9 Å². The van der Waals surface area contributed by atoms with Gasteiger partial charge in [0, 0.05) is 5.56 Å². The van der Waals surface area contributed by atoms with Crippen LogP contribution in [0, 0.1) is 0 Å². The summed E-state index contributed by atoms with van der Waals surface area (Å²) in [5.41, 5.74) is 1.24. The monoisotopic (exact) mass is 477 g/mol. The first-order valence-corrected chi connectivity index (χ1v) is 11.6. The Balaban J connectivity index is 0.00000256. The van der Waals surface area contributed by atoms with Crippen LogP contribution in [0.5, 0.6) is 0 Å². The van der Waals surface area contributed by atoms with Crippen molar-refractivity contribution in [2.24, 2.45) is 0 Å². The lowest BCUT2D eigenvalue weighted by atomic mass is 10.1. The quantitative estimate of drug-likeness (QED) is 0.374. The number of hydrogen-bond acceptors (Lipinski definition) is 1. The minimum Gasteiger partial charge on any atom is -0.478 e. The van der Waals surface area contributed by atoms with E-state index in [9.17, 15) is 9.90 Å². The van der Waals surface area contributed by atoms with Crippen LogP contribution in [0.25, 0.3) is 0 Å². The number of carboxylic acids is 1. The first-order chi connectivity index (χ1) is 14.2. The zero-order chi connectivity index (χ0) is 20.1. The Bertz CT molecular complexity index is 1000. The molecule has 0 aliphatic carbocycles. The molecule has 2 nitrogen and oxygen atoms in total. The van der Waals surface area contributed by atoms with E-state index in [-0.39, 0.29) is 17.0 Å². The molecule has 4 aromatic rings. The van der Waals surface area contributed by atoms with Gasteiger partial charge in [0.25, 0.3) is 0 Å². The highest BCUT2D eigenvalue weighted by molar-refractivity contribution is 8.93. The predicted octanol–water partition coefficient (Wildman–Crippen LogP) is 5.46. The van der Waals surface area contributed by atoms with E-state index < -0.39 is 13.2 Å². The molecule has 0 aromatic heterocycles. The number of rotatable bonds is 6. The first-order valence-electron chi connectivity index (χ1n) is 9.58. The van der Waals surface area contributed by atoms with E-state index >= 15 is 0 Å². The lowest BCUT2D eigenvalue weighted by molar-refractivity contribution is 0.0696.